The molecule has 0 saturated carbocycles. The second-order valence-corrected chi connectivity index (χ2v) is 7.59. The summed E-state index contributed by atoms with van der Waals surface area (Å²) in [5, 5.41) is -0.0866. The lowest BCUT2D eigenvalue weighted by molar-refractivity contribution is -0.154. The van der Waals surface area contributed by atoms with E-state index < -0.39 is 28.9 Å². The first kappa shape index (κ1) is 22.4. The van der Waals surface area contributed by atoms with Gasteiger partial charge in [0.1, 0.15) is 29.5 Å². The van der Waals surface area contributed by atoms with Crippen LogP contribution in [0.25, 0.3) is 11.0 Å². The predicted molar refractivity (Wildman–Crippen MR) is 114 cm³/mol. The molecule has 4 rings (SSSR count). The Balaban J connectivity index is 1.73. The molecule has 4 nitrogen and oxygen atoms in total. The van der Waals surface area contributed by atoms with Gasteiger partial charge in [-0.3, -0.25) is 4.79 Å². The van der Waals surface area contributed by atoms with E-state index in [-0.39, 0.29) is 29.1 Å². The van der Waals surface area contributed by atoms with Crippen molar-refractivity contribution in [3.8, 4) is 17.2 Å². The highest BCUT2D eigenvalue weighted by atomic mass is 19.4. The van der Waals surface area contributed by atoms with Crippen LogP contribution in [0.4, 0.5) is 17.6 Å². The summed E-state index contributed by atoms with van der Waals surface area (Å²) in [5.41, 5.74) is 0.953. The summed E-state index contributed by atoms with van der Waals surface area (Å²) in [6.45, 7) is 3.58. The van der Waals surface area contributed by atoms with E-state index in [9.17, 15) is 22.4 Å². The largest absolute Gasteiger partial charge is 0.489 e. The molecule has 0 saturated heterocycles. The molecule has 0 aliphatic carbocycles. The number of halogens is 4. The van der Waals surface area contributed by atoms with Crippen molar-refractivity contribution in [2.24, 2.45) is 0 Å². The molecule has 0 amide bonds. The fraction of sp³-hybridized carbons (Fsp3) is 0.160. The third-order valence-corrected chi connectivity index (χ3v) is 4.81. The summed E-state index contributed by atoms with van der Waals surface area (Å²) in [7, 11) is 0. The van der Waals surface area contributed by atoms with Crippen LogP contribution in [0.1, 0.15) is 22.5 Å². The average Bonchev–Trinajstić information content (AvgIpc) is 2.73. The molecule has 0 fully saturated rings. The van der Waals surface area contributed by atoms with Gasteiger partial charge in [0.25, 0.3) is 5.76 Å². The summed E-state index contributed by atoms with van der Waals surface area (Å²) in [4.78, 5) is 12.9. The molecule has 0 aliphatic heterocycles. The van der Waals surface area contributed by atoms with E-state index in [0.29, 0.717) is 5.56 Å². The van der Waals surface area contributed by atoms with Gasteiger partial charge in [-0.1, -0.05) is 18.2 Å². The van der Waals surface area contributed by atoms with Crippen LogP contribution in [0.2, 0.25) is 0 Å². The highest BCUT2D eigenvalue weighted by Crippen LogP contribution is 2.39. The highest BCUT2D eigenvalue weighted by molar-refractivity contribution is 5.79. The molecule has 0 aliphatic rings. The normalized spacial score (nSPS) is 11.6. The molecular formula is C25H18F4O4. The zero-order chi connectivity index (χ0) is 23.8. The molecule has 33 heavy (non-hydrogen) atoms. The van der Waals surface area contributed by atoms with Crippen molar-refractivity contribution in [3.05, 3.63) is 99.2 Å². The zero-order valence-corrected chi connectivity index (χ0v) is 17.6. The minimum atomic E-state index is -4.97. The third kappa shape index (κ3) is 5.00. The van der Waals surface area contributed by atoms with Crippen molar-refractivity contribution >= 4 is 11.0 Å². The highest BCUT2D eigenvalue weighted by Gasteiger charge is 2.40. The van der Waals surface area contributed by atoms with E-state index in [4.69, 9.17) is 13.9 Å². The minimum Gasteiger partial charge on any atom is -0.489 e. The number of alkyl halides is 3. The van der Waals surface area contributed by atoms with Crippen molar-refractivity contribution in [3.63, 3.8) is 0 Å². The molecule has 170 valence electrons. The van der Waals surface area contributed by atoms with Crippen LogP contribution in [0, 0.1) is 19.7 Å². The lowest BCUT2D eigenvalue weighted by Gasteiger charge is -2.14. The Labute approximate surface area is 186 Å². The van der Waals surface area contributed by atoms with Crippen LogP contribution in [-0.4, -0.2) is 0 Å². The first-order chi connectivity index (χ1) is 15.6. The van der Waals surface area contributed by atoms with Gasteiger partial charge in [-0.15, -0.1) is 0 Å². The second-order valence-electron chi connectivity index (χ2n) is 7.59. The van der Waals surface area contributed by atoms with E-state index in [1.807, 2.05) is 6.07 Å². The number of ether oxygens (including phenoxy) is 2. The van der Waals surface area contributed by atoms with Gasteiger partial charge in [-0.05, 0) is 66.9 Å². The Morgan fingerprint density at radius 3 is 2.18 bits per heavy atom. The maximum absolute atomic E-state index is 13.7. The molecule has 0 atom stereocenters. The quantitative estimate of drug-likeness (QED) is 0.304. The van der Waals surface area contributed by atoms with Crippen LogP contribution in [0.3, 0.4) is 0 Å². The molecule has 0 unspecified atom stereocenters. The van der Waals surface area contributed by atoms with Gasteiger partial charge in [-0.2, -0.15) is 13.2 Å². The maximum Gasteiger partial charge on any atom is 0.453 e. The Morgan fingerprint density at radius 1 is 0.879 bits per heavy atom. The first-order valence-electron chi connectivity index (χ1n) is 9.91. The monoisotopic (exact) mass is 458 g/mol. The number of rotatable bonds is 5. The SMILES string of the molecule is Cc1cc(C)cc(Oc2c(C(F)(F)F)oc3cc(OCc4ccc(F)cc4)ccc3c2=O)c1. The van der Waals surface area contributed by atoms with E-state index >= 15 is 0 Å². The van der Waals surface area contributed by atoms with Gasteiger partial charge < -0.3 is 13.9 Å². The minimum absolute atomic E-state index is 0.0516. The number of benzene rings is 3. The van der Waals surface area contributed by atoms with Crippen LogP contribution >= 0.6 is 0 Å². The average molecular weight is 458 g/mol. The molecule has 1 heterocycles. The van der Waals surface area contributed by atoms with E-state index in [2.05, 4.69) is 0 Å². The maximum atomic E-state index is 13.7. The number of fused-ring (bicyclic) bond motifs is 1. The first-order valence-corrected chi connectivity index (χ1v) is 9.91. The van der Waals surface area contributed by atoms with Gasteiger partial charge in [0.05, 0.1) is 5.39 Å². The third-order valence-electron chi connectivity index (χ3n) is 4.81. The summed E-state index contributed by atoms with van der Waals surface area (Å²) < 4.78 is 70.3. The van der Waals surface area contributed by atoms with Gasteiger partial charge in [0, 0.05) is 6.07 Å². The summed E-state index contributed by atoms with van der Waals surface area (Å²) >= 11 is 0. The van der Waals surface area contributed by atoms with Crippen molar-refractivity contribution in [1.29, 1.82) is 0 Å². The Bertz CT molecular complexity index is 1350. The Hall–Kier alpha value is -3.81. The van der Waals surface area contributed by atoms with Crippen molar-refractivity contribution in [1.82, 2.24) is 0 Å². The molecule has 3 aromatic carbocycles. The van der Waals surface area contributed by atoms with Crippen LogP contribution in [-0.2, 0) is 12.8 Å². The molecule has 0 bridgehead atoms. The molecule has 4 aromatic rings. The van der Waals surface area contributed by atoms with Crippen LogP contribution < -0.4 is 14.9 Å². The van der Waals surface area contributed by atoms with Gasteiger partial charge in [0.15, 0.2) is 0 Å². The fourth-order valence-electron chi connectivity index (χ4n) is 3.38. The fourth-order valence-corrected chi connectivity index (χ4v) is 3.38. The molecule has 0 N–H and O–H groups in total. The van der Waals surface area contributed by atoms with E-state index in [0.717, 1.165) is 11.1 Å². The second kappa shape index (κ2) is 8.61. The standard InChI is InChI=1S/C25H18F4O4/c1-14-9-15(2)11-19(10-14)32-23-22(30)20-8-7-18(12-21(20)33-24(23)25(27,28)29)31-13-16-3-5-17(26)6-4-16/h3-12H,13H2,1-2H3. The van der Waals surface area contributed by atoms with Crippen LogP contribution in [0.15, 0.2) is 69.9 Å². The lowest BCUT2D eigenvalue weighted by atomic mass is 10.1. The van der Waals surface area contributed by atoms with Gasteiger partial charge >= 0.3 is 6.18 Å². The van der Waals surface area contributed by atoms with Crippen molar-refractivity contribution < 1.29 is 31.5 Å². The van der Waals surface area contributed by atoms with E-state index in [1.54, 1.807) is 13.8 Å². The molecule has 0 spiro atoms. The zero-order valence-electron chi connectivity index (χ0n) is 17.6. The number of hydrogen-bond donors (Lipinski definition) is 0. The van der Waals surface area contributed by atoms with Gasteiger partial charge in [-0.25, -0.2) is 4.39 Å². The summed E-state index contributed by atoms with van der Waals surface area (Å²) in [6, 6.07) is 14.4. The summed E-state index contributed by atoms with van der Waals surface area (Å²) in [6.07, 6.45) is -4.97. The van der Waals surface area contributed by atoms with Crippen molar-refractivity contribution in [2.45, 2.75) is 26.6 Å². The lowest BCUT2D eigenvalue weighted by Crippen LogP contribution is -2.15. The topological polar surface area (TPSA) is 48.7 Å². The van der Waals surface area contributed by atoms with Gasteiger partial charge in [0.2, 0.25) is 11.2 Å². The number of hydrogen-bond acceptors (Lipinski definition) is 4. The Morgan fingerprint density at radius 2 is 1.55 bits per heavy atom. The predicted octanol–water partition coefficient (Wildman–Crippen LogP) is 6.94. The van der Waals surface area contributed by atoms with Crippen LogP contribution in [0.5, 0.6) is 17.2 Å². The smallest absolute Gasteiger partial charge is 0.453 e. The Kier molecular flexibility index (Phi) is 5.84. The van der Waals surface area contributed by atoms with E-state index in [1.165, 1.54) is 54.6 Å². The number of aryl methyl sites for hydroxylation is 2. The molecular weight excluding hydrogens is 440 g/mol. The molecule has 1 aromatic heterocycles. The van der Waals surface area contributed by atoms with Crippen molar-refractivity contribution in [2.75, 3.05) is 0 Å². The molecule has 0 radical (unpaired) electrons. The summed E-state index contributed by atoms with van der Waals surface area (Å²) in [5.74, 6) is -2.57. The molecule has 8 heteroatoms.